The maximum atomic E-state index is 13.2. The van der Waals surface area contributed by atoms with Crippen LogP contribution in [0.25, 0.3) is 17.2 Å². The fourth-order valence-corrected chi connectivity index (χ4v) is 3.56. The first-order chi connectivity index (χ1) is 13.2. The molecule has 0 fully saturated rings. The molecule has 0 bridgehead atoms. The molecule has 6 heteroatoms. The summed E-state index contributed by atoms with van der Waals surface area (Å²) >= 11 is 0. The fraction of sp³-hybridized carbons (Fsp3) is 0.143. The zero-order valence-corrected chi connectivity index (χ0v) is 14.3. The molecule has 5 nitrogen and oxygen atoms in total. The molecule has 4 aromatic rings. The predicted molar refractivity (Wildman–Crippen MR) is 98.0 cm³/mol. The van der Waals surface area contributed by atoms with Crippen molar-refractivity contribution in [2.24, 2.45) is 0 Å². The molecule has 0 radical (unpaired) electrons. The van der Waals surface area contributed by atoms with Gasteiger partial charge in [-0.15, -0.1) is 5.10 Å². The summed E-state index contributed by atoms with van der Waals surface area (Å²) in [6.07, 6.45) is 2.73. The van der Waals surface area contributed by atoms with Crippen molar-refractivity contribution in [2.75, 3.05) is 0 Å². The van der Waals surface area contributed by atoms with Crippen LogP contribution in [-0.2, 0) is 6.42 Å². The number of hydrogen-bond donors (Lipinski definition) is 0. The molecular formula is C21H15FN4O. The number of Topliss-reactive ketones (excluding diaryl/α,β-unsaturated/α-hetero) is 1. The summed E-state index contributed by atoms with van der Waals surface area (Å²) in [6, 6.07) is 16.0. The van der Waals surface area contributed by atoms with Crippen molar-refractivity contribution in [1.29, 1.82) is 0 Å². The van der Waals surface area contributed by atoms with Gasteiger partial charge in [-0.3, -0.25) is 4.79 Å². The van der Waals surface area contributed by atoms with Crippen molar-refractivity contribution < 1.29 is 9.18 Å². The fourth-order valence-electron chi connectivity index (χ4n) is 3.56. The maximum absolute atomic E-state index is 13.2. The van der Waals surface area contributed by atoms with E-state index in [1.807, 2.05) is 30.3 Å². The summed E-state index contributed by atoms with van der Waals surface area (Å²) in [5, 5.41) is 4.46. The Morgan fingerprint density at radius 2 is 1.74 bits per heavy atom. The zero-order valence-electron chi connectivity index (χ0n) is 14.3. The minimum Gasteiger partial charge on any atom is -0.294 e. The first kappa shape index (κ1) is 15.8. The van der Waals surface area contributed by atoms with Gasteiger partial charge < -0.3 is 0 Å². The first-order valence-electron chi connectivity index (χ1n) is 8.78. The first-order valence-corrected chi connectivity index (χ1v) is 8.78. The van der Waals surface area contributed by atoms with Crippen LogP contribution in [0.1, 0.15) is 34.0 Å². The number of rotatable bonds is 2. The highest BCUT2D eigenvalue weighted by molar-refractivity contribution is 5.98. The van der Waals surface area contributed by atoms with Crippen molar-refractivity contribution in [1.82, 2.24) is 19.6 Å². The van der Waals surface area contributed by atoms with E-state index in [-0.39, 0.29) is 17.5 Å². The summed E-state index contributed by atoms with van der Waals surface area (Å²) < 4.78 is 14.8. The van der Waals surface area contributed by atoms with E-state index in [2.05, 4.69) is 15.1 Å². The van der Waals surface area contributed by atoms with Crippen molar-refractivity contribution in [3.8, 4) is 11.4 Å². The number of aromatic nitrogens is 4. The lowest BCUT2D eigenvalue weighted by Crippen LogP contribution is -2.21. The molecule has 1 atom stereocenters. The lowest BCUT2D eigenvalue weighted by molar-refractivity contribution is 0.0962. The van der Waals surface area contributed by atoms with Crippen LogP contribution in [0.5, 0.6) is 0 Å². The Labute approximate surface area is 154 Å². The van der Waals surface area contributed by atoms with Gasteiger partial charge in [0.05, 0.1) is 11.3 Å². The second-order valence-corrected chi connectivity index (χ2v) is 6.73. The molecule has 0 N–H and O–H groups in total. The van der Waals surface area contributed by atoms with E-state index in [1.54, 1.807) is 22.8 Å². The van der Waals surface area contributed by atoms with Crippen molar-refractivity contribution in [2.45, 2.75) is 18.8 Å². The lowest BCUT2D eigenvalue weighted by Gasteiger charge is -2.23. The second-order valence-electron chi connectivity index (χ2n) is 6.73. The average Bonchev–Trinajstić information content (AvgIpc) is 3.11. The number of nitrogens with zero attached hydrogens (tertiary/aromatic N) is 4. The third kappa shape index (κ3) is 2.79. The Morgan fingerprint density at radius 3 is 2.52 bits per heavy atom. The summed E-state index contributed by atoms with van der Waals surface area (Å²) in [7, 11) is 0. The van der Waals surface area contributed by atoms with Crippen molar-refractivity contribution >= 4 is 11.6 Å². The van der Waals surface area contributed by atoms with Crippen molar-refractivity contribution in [3.63, 3.8) is 0 Å². The highest BCUT2D eigenvalue weighted by Crippen LogP contribution is 2.32. The molecule has 2 aromatic carbocycles. The van der Waals surface area contributed by atoms with E-state index in [1.165, 1.54) is 12.1 Å². The standard InChI is InChI=1S/C21H15FN4O/c22-16-8-6-13(7-9-16)15-10-18-17(19(27)11-15)12-26-21(23-18)24-20(25-26)14-4-2-1-3-5-14/h1-9,12,15H,10-11H2. The Kier molecular flexibility index (Phi) is 3.57. The van der Waals surface area contributed by atoms with Crippen LogP contribution >= 0.6 is 0 Å². The van der Waals surface area contributed by atoms with E-state index in [0.29, 0.717) is 30.0 Å². The molecule has 0 amide bonds. The number of ketones is 1. The molecule has 0 saturated carbocycles. The van der Waals surface area contributed by atoms with Gasteiger partial charge in [-0.2, -0.15) is 4.98 Å². The minimum absolute atomic E-state index is 0.00272. The number of fused-ring (bicyclic) bond motifs is 2. The molecule has 27 heavy (non-hydrogen) atoms. The molecular weight excluding hydrogens is 343 g/mol. The van der Waals surface area contributed by atoms with E-state index >= 15 is 0 Å². The van der Waals surface area contributed by atoms with Gasteiger partial charge in [0.2, 0.25) is 0 Å². The van der Waals surface area contributed by atoms with Crippen LogP contribution in [0.15, 0.2) is 60.8 Å². The third-order valence-electron chi connectivity index (χ3n) is 4.96. The summed E-state index contributed by atoms with van der Waals surface area (Å²) in [5.41, 5.74) is 3.16. The van der Waals surface area contributed by atoms with Gasteiger partial charge in [0.25, 0.3) is 5.78 Å². The van der Waals surface area contributed by atoms with Gasteiger partial charge in [0.15, 0.2) is 11.6 Å². The zero-order chi connectivity index (χ0) is 18.4. The Morgan fingerprint density at radius 1 is 0.963 bits per heavy atom. The number of benzene rings is 2. The highest BCUT2D eigenvalue weighted by atomic mass is 19.1. The summed E-state index contributed by atoms with van der Waals surface area (Å²) in [6.45, 7) is 0. The van der Waals surface area contributed by atoms with Crippen LogP contribution in [0.2, 0.25) is 0 Å². The third-order valence-corrected chi connectivity index (χ3v) is 4.96. The molecule has 2 aromatic heterocycles. The molecule has 0 aliphatic heterocycles. The SMILES string of the molecule is O=C1CC(c2ccc(F)cc2)Cc2nc3nc(-c4ccccc4)nn3cc21. The lowest BCUT2D eigenvalue weighted by atomic mass is 9.82. The van der Waals surface area contributed by atoms with Crippen LogP contribution in [-0.4, -0.2) is 25.4 Å². The molecule has 5 rings (SSSR count). The molecule has 1 unspecified atom stereocenters. The van der Waals surface area contributed by atoms with Crippen molar-refractivity contribution in [3.05, 3.63) is 83.4 Å². The van der Waals surface area contributed by atoms with Gasteiger partial charge >= 0.3 is 0 Å². The number of carbonyl (C=O) groups excluding carboxylic acids is 1. The summed E-state index contributed by atoms with van der Waals surface area (Å²) in [5.74, 6) is 0.792. The largest absolute Gasteiger partial charge is 0.294 e. The highest BCUT2D eigenvalue weighted by Gasteiger charge is 2.28. The molecule has 0 spiro atoms. The number of hydrogen-bond acceptors (Lipinski definition) is 4. The number of carbonyl (C=O) groups is 1. The average molecular weight is 358 g/mol. The smallest absolute Gasteiger partial charge is 0.252 e. The Bertz CT molecular complexity index is 1150. The normalized spacial score (nSPS) is 16.5. The van der Waals surface area contributed by atoms with Gasteiger partial charge in [-0.25, -0.2) is 13.9 Å². The molecule has 2 heterocycles. The van der Waals surface area contributed by atoms with Crippen LogP contribution in [0.3, 0.4) is 0 Å². The van der Waals surface area contributed by atoms with E-state index in [0.717, 1.165) is 16.8 Å². The minimum atomic E-state index is -0.280. The number of halogens is 1. The molecule has 132 valence electrons. The monoisotopic (exact) mass is 358 g/mol. The maximum Gasteiger partial charge on any atom is 0.252 e. The molecule has 1 aliphatic carbocycles. The van der Waals surface area contributed by atoms with Gasteiger partial charge in [0, 0.05) is 18.2 Å². The Hall–Kier alpha value is -3.41. The van der Waals surface area contributed by atoms with Gasteiger partial charge in [-0.05, 0) is 30.0 Å². The van der Waals surface area contributed by atoms with Gasteiger partial charge in [-0.1, -0.05) is 42.5 Å². The van der Waals surface area contributed by atoms with E-state index < -0.39 is 0 Å². The van der Waals surface area contributed by atoms with Gasteiger partial charge in [0.1, 0.15) is 5.82 Å². The second kappa shape index (κ2) is 6.09. The topological polar surface area (TPSA) is 60.2 Å². The van der Waals surface area contributed by atoms with Crippen LogP contribution < -0.4 is 0 Å². The van der Waals surface area contributed by atoms with Crippen LogP contribution in [0, 0.1) is 5.82 Å². The predicted octanol–water partition coefficient (Wildman–Crippen LogP) is 3.84. The van der Waals surface area contributed by atoms with Crippen LogP contribution in [0.4, 0.5) is 4.39 Å². The summed E-state index contributed by atoms with van der Waals surface area (Å²) in [4.78, 5) is 21.8. The quantitative estimate of drug-likeness (QED) is 0.546. The molecule has 1 aliphatic rings. The van der Waals surface area contributed by atoms with E-state index in [9.17, 15) is 9.18 Å². The molecule has 0 saturated heterocycles. The van der Waals surface area contributed by atoms with E-state index in [4.69, 9.17) is 0 Å². The Balaban J connectivity index is 1.55.